The normalized spacial score (nSPS) is 11.5. The molecule has 0 radical (unpaired) electrons. The number of nitrogens with one attached hydrogen (secondary N) is 2. The first kappa shape index (κ1) is 20.6. The van der Waals surface area contributed by atoms with Crippen LogP contribution in [0.5, 0.6) is 0 Å². The van der Waals surface area contributed by atoms with Crippen LogP contribution < -0.4 is 21.5 Å². The Kier molecular flexibility index (Phi) is 5.76. The Balaban J connectivity index is 1.83. The zero-order valence-corrected chi connectivity index (χ0v) is 16.5. The number of hydrogen-bond donors (Lipinski definition) is 3. The minimum Gasteiger partial charge on any atom is -0.364 e. The van der Waals surface area contributed by atoms with Crippen molar-refractivity contribution < 1.29 is 26.8 Å². The summed E-state index contributed by atoms with van der Waals surface area (Å²) in [5.41, 5.74) is 4.91. The first-order valence-corrected chi connectivity index (χ1v) is 9.88. The average molecular weight is 492 g/mol. The van der Waals surface area contributed by atoms with Crippen LogP contribution in [0.4, 0.5) is 15.0 Å². The summed E-state index contributed by atoms with van der Waals surface area (Å²) in [5, 5.41) is 12.1. The van der Waals surface area contributed by atoms with Crippen molar-refractivity contribution in [3.05, 3.63) is 39.0 Å². The number of nitrogens with zero attached hydrogens (tertiary/aromatic N) is 4. The molecule has 0 aliphatic rings. The third-order valence-corrected chi connectivity index (χ3v) is 5.16. The number of aromatic nitrogens is 4. The van der Waals surface area contributed by atoms with Crippen LogP contribution in [0.15, 0.2) is 36.6 Å². The van der Waals surface area contributed by atoms with Gasteiger partial charge in [-0.25, -0.2) is 31.5 Å². The van der Waals surface area contributed by atoms with Gasteiger partial charge in [0.1, 0.15) is 5.82 Å². The summed E-state index contributed by atoms with van der Waals surface area (Å²) in [5.74, 6) is -1.51. The molecule has 4 N–H and O–H groups in total. The summed E-state index contributed by atoms with van der Waals surface area (Å²) < 4.78 is 48.4. The van der Waals surface area contributed by atoms with Crippen molar-refractivity contribution in [2.45, 2.75) is 0 Å². The summed E-state index contributed by atoms with van der Waals surface area (Å²) in [4.78, 5) is 22.8. The fourth-order valence-electron chi connectivity index (χ4n) is 2.14. The third kappa shape index (κ3) is 4.33. The van der Waals surface area contributed by atoms with E-state index in [1.165, 1.54) is 12.1 Å². The maximum absolute atomic E-state index is 13.5. The molecule has 2 aromatic heterocycles. The molecule has 2 heterocycles. The van der Waals surface area contributed by atoms with Crippen molar-refractivity contribution in [2.24, 2.45) is 5.73 Å². The van der Waals surface area contributed by atoms with Gasteiger partial charge >= 0.3 is 11.0 Å². The number of anilines is 1. The van der Waals surface area contributed by atoms with Gasteiger partial charge in [-0.2, -0.15) is 0 Å². The highest BCUT2D eigenvalue weighted by atomic mass is 79.9. The van der Waals surface area contributed by atoms with Crippen LogP contribution in [0.1, 0.15) is 0 Å². The topological polar surface area (TPSA) is 188 Å². The smallest absolute Gasteiger partial charge is 0.364 e. The number of rotatable bonds is 7. The molecule has 0 bridgehead atoms. The van der Waals surface area contributed by atoms with Gasteiger partial charge in [0.25, 0.3) is 10.0 Å². The number of carbonyl (C=O) groups is 1. The van der Waals surface area contributed by atoms with E-state index in [0.29, 0.717) is 0 Å². The lowest BCUT2D eigenvalue weighted by Gasteiger charge is -2.06. The largest absolute Gasteiger partial charge is 0.446 e. The van der Waals surface area contributed by atoms with Crippen LogP contribution in [-0.2, 0) is 10.0 Å². The van der Waals surface area contributed by atoms with Crippen LogP contribution in [0.3, 0.4) is 0 Å². The molecule has 0 fully saturated rings. The van der Waals surface area contributed by atoms with Crippen molar-refractivity contribution >= 4 is 37.0 Å². The van der Waals surface area contributed by atoms with E-state index in [9.17, 15) is 22.4 Å². The molecule has 13 nitrogen and oxygen atoms in total. The first-order chi connectivity index (χ1) is 13.7. The molecule has 0 aliphatic heterocycles. The second-order valence-electron chi connectivity index (χ2n) is 5.31. The molecule has 0 atom stereocenters. The third-order valence-electron chi connectivity index (χ3n) is 3.44. The lowest BCUT2D eigenvalue weighted by atomic mass is 10.3. The lowest BCUT2D eigenvalue weighted by molar-refractivity contribution is 0.265. The molecule has 0 aliphatic carbocycles. The number of sulfonamides is 1. The zero-order valence-electron chi connectivity index (χ0n) is 14.1. The molecular weight excluding hydrogens is 481 g/mol. The fourth-order valence-corrected chi connectivity index (χ4v) is 3.02. The van der Waals surface area contributed by atoms with Gasteiger partial charge in [0.05, 0.1) is 10.2 Å². The van der Waals surface area contributed by atoms with E-state index in [-0.39, 0.29) is 40.6 Å². The van der Waals surface area contributed by atoms with Crippen molar-refractivity contribution in [3.8, 4) is 17.2 Å². The maximum atomic E-state index is 13.5. The van der Waals surface area contributed by atoms with Crippen LogP contribution >= 0.6 is 15.9 Å². The van der Waals surface area contributed by atoms with Gasteiger partial charge in [0.2, 0.25) is 11.6 Å². The van der Waals surface area contributed by atoms with Gasteiger partial charge in [-0.1, -0.05) is 5.16 Å². The molecule has 0 saturated carbocycles. The molecule has 154 valence electrons. The SMILES string of the molecule is NC(=O)S(=O)(=O)NCCNc1nonc1-c1noc(=O)n1-c1ccc(F)c(Br)c1. The molecule has 1 amide bonds. The predicted molar refractivity (Wildman–Crippen MR) is 98.0 cm³/mol. The Morgan fingerprint density at radius 3 is 2.72 bits per heavy atom. The van der Waals surface area contributed by atoms with Gasteiger partial charge in [0, 0.05) is 13.1 Å². The lowest BCUT2D eigenvalue weighted by Crippen LogP contribution is -2.37. The van der Waals surface area contributed by atoms with Crippen molar-refractivity contribution in [3.63, 3.8) is 0 Å². The molecule has 16 heteroatoms. The Labute approximate surface area is 169 Å². The quantitative estimate of drug-likeness (QED) is 0.384. The minimum atomic E-state index is -4.27. The summed E-state index contributed by atoms with van der Waals surface area (Å²) in [7, 11) is -4.27. The molecule has 0 saturated heterocycles. The average Bonchev–Trinajstić information content (AvgIpc) is 3.27. The molecule has 1 aromatic carbocycles. The molecule has 0 unspecified atom stereocenters. The van der Waals surface area contributed by atoms with E-state index in [0.717, 1.165) is 10.6 Å². The van der Waals surface area contributed by atoms with E-state index in [4.69, 9.17) is 5.73 Å². The minimum absolute atomic E-state index is 0.00602. The highest BCUT2D eigenvalue weighted by molar-refractivity contribution is 9.10. The van der Waals surface area contributed by atoms with Gasteiger partial charge < -0.3 is 11.1 Å². The van der Waals surface area contributed by atoms with Crippen LogP contribution in [0, 0.1) is 5.82 Å². The number of nitrogens with two attached hydrogens (primary N) is 1. The van der Waals surface area contributed by atoms with Crippen molar-refractivity contribution in [1.29, 1.82) is 0 Å². The zero-order chi connectivity index (χ0) is 21.2. The van der Waals surface area contributed by atoms with Crippen LogP contribution in [-0.4, -0.2) is 46.8 Å². The van der Waals surface area contributed by atoms with Gasteiger partial charge in [0.15, 0.2) is 5.69 Å². The molecule has 0 spiro atoms. The Bertz CT molecular complexity index is 1220. The van der Waals surface area contributed by atoms with E-state index >= 15 is 0 Å². The first-order valence-electron chi connectivity index (χ1n) is 7.61. The van der Waals surface area contributed by atoms with E-state index in [2.05, 4.69) is 45.9 Å². The Morgan fingerprint density at radius 1 is 1.28 bits per heavy atom. The number of primary amides is 1. The summed E-state index contributed by atoms with van der Waals surface area (Å²) in [6, 6.07) is 3.78. The number of hydrogen-bond acceptors (Lipinski definition) is 10. The maximum Gasteiger partial charge on any atom is 0.446 e. The Hall–Kier alpha value is -3.11. The number of halogens is 2. The Morgan fingerprint density at radius 2 is 2.03 bits per heavy atom. The van der Waals surface area contributed by atoms with Crippen LogP contribution in [0.2, 0.25) is 0 Å². The second-order valence-corrected chi connectivity index (χ2v) is 7.86. The predicted octanol–water partition coefficient (Wildman–Crippen LogP) is 0.187. The number of carbonyl (C=O) groups excluding carboxylic acids is 1. The highest BCUT2D eigenvalue weighted by Crippen LogP contribution is 2.25. The standard InChI is InChI=1S/C13H11BrFN7O6S/c14-7-5-6(1-2-8(7)15)22-11(21-27-13(22)24)9-10(20-28-19-9)17-3-4-18-29(25,26)12(16)23/h1-2,5,18H,3-4H2,(H2,16,23)(H,17,20). The molecule has 3 rings (SSSR count). The van der Waals surface area contributed by atoms with E-state index in [1.54, 1.807) is 0 Å². The number of amides is 1. The highest BCUT2D eigenvalue weighted by Gasteiger charge is 2.23. The molecule has 29 heavy (non-hydrogen) atoms. The van der Waals surface area contributed by atoms with Crippen LogP contribution in [0.25, 0.3) is 17.2 Å². The van der Waals surface area contributed by atoms with Crippen molar-refractivity contribution in [2.75, 3.05) is 18.4 Å². The summed E-state index contributed by atoms with van der Waals surface area (Å²) in [6.07, 6.45) is 0. The van der Waals surface area contributed by atoms with Gasteiger partial charge in [-0.3, -0.25) is 9.32 Å². The fraction of sp³-hybridized carbons (Fsp3) is 0.154. The molecular formula is C13H11BrFN7O6S. The monoisotopic (exact) mass is 491 g/mol. The van der Waals surface area contributed by atoms with E-state index < -0.39 is 26.8 Å². The van der Waals surface area contributed by atoms with Gasteiger partial charge in [-0.15, -0.1) is 0 Å². The number of benzene rings is 1. The van der Waals surface area contributed by atoms with Gasteiger partial charge in [-0.05, 0) is 44.4 Å². The summed E-state index contributed by atoms with van der Waals surface area (Å²) >= 11 is 3.02. The van der Waals surface area contributed by atoms with E-state index in [1.807, 2.05) is 4.72 Å². The molecule has 3 aromatic rings. The van der Waals surface area contributed by atoms with Crippen molar-refractivity contribution in [1.82, 2.24) is 24.8 Å². The summed E-state index contributed by atoms with van der Waals surface area (Å²) in [6.45, 7) is -0.258. The second kappa shape index (κ2) is 8.10.